The molecular weight excluding hydrogens is 186 g/mol. The van der Waals surface area contributed by atoms with Crippen molar-refractivity contribution in [3.05, 3.63) is 0 Å². The van der Waals surface area contributed by atoms with Gasteiger partial charge in [-0.2, -0.15) is 0 Å². The van der Waals surface area contributed by atoms with Crippen molar-refractivity contribution in [2.24, 2.45) is 10.8 Å². The molecule has 0 heterocycles. The Bertz CT molecular complexity index is 207. The van der Waals surface area contributed by atoms with Gasteiger partial charge in [-0.1, -0.05) is 48.0 Å². The molecule has 0 radical (unpaired) electrons. The summed E-state index contributed by atoms with van der Waals surface area (Å²) in [6.07, 6.45) is 2.89. The van der Waals surface area contributed by atoms with E-state index in [1.807, 2.05) is 6.92 Å². The molecule has 0 spiro atoms. The fraction of sp³-hybridized carbons (Fsp3) is 0.923. The van der Waals surface area contributed by atoms with Gasteiger partial charge in [0.05, 0.1) is 0 Å². The molecule has 1 N–H and O–H groups in total. The van der Waals surface area contributed by atoms with E-state index in [4.69, 9.17) is 0 Å². The molecule has 0 rings (SSSR count). The lowest BCUT2D eigenvalue weighted by Gasteiger charge is -2.34. The molecule has 0 fully saturated rings. The first kappa shape index (κ1) is 14.5. The largest absolute Gasteiger partial charge is 0.356 e. The molecule has 0 saturated carbocycles. The summed E-state index contributed by atoms with van der Waals surface area (Å²) < 4.78 is 0. The molecule has 0 bridgehead atoms. The van der Waals surface area contributed by atoms with Crippen LogP contribution in [-0.2, 0) is 4.79 Å². The Morgan fingerprint density at radius 2 is 1.60 bits per heavy atom. The van der Waals surface area contributed by atoms with Crippen molar-refractivity contribution in [2.45, 2.75) is 60.8 Å². The fourth-order valence-electron chi connectivity index (χ4n) is 1.95. The van der Waals surface area contributed by atoms with Gasteiger partial charge in [-0.05, 0) is 17.3 Å². The van der Waals surface area contributed by atoms with Crippen LogP contribution in [0.15, 0.2) is 0 Å². The van der Waals surface area contributed by atoms with Crippen molar-refractivity contribution in [3.63, 3.8) is 0 Å². The van der Waals surface area contributed by atoms with Crippen LogP contribution < -0.4 is 5.32 Å². The van der Waals surface area contributed by atoms with Gasteiger partial charge in [0.25, 0.3) is 0 Å². The lowest BCUT2D eigenvalue weighted by atomic mass is 9.73. The van der Waals surface area contributed by atoms with Crippen LogP contribution in [0.1, 0.15) is 60.8 Å². The van der Waals surface area contributed by atoms with Crippen LogP contribution in [0.25, 0.3) is 0 Å². The molecular formula is C13H27NO. The first-order valence-electron chi connectivity index (χ1n) is 5.99. The zero-order chi connectivity index (χ0) is 12.1. The summed E-state index contributed by atoms with van der Waals surface area (Å²) in [5.41, 5.74) is 0.546. The average molecular weight is 213 g/mol. The van der Waals surface area contributed by atoms with Crippen molar-refractivity contribution < 1.29 is 4.79 Å². The molecule has 15 heavy (non-hydrogen) atoms. The Hall–Kier alpha value is -0.530. The second-order valence-electron chi connectivity index (χ2n) is 5.99. The van der Waals surface area contributed by atoms with Gasteiger partial charge >= 0.3 is 0 Å². The minimum atomic E-state index is 0.150. The highest BCUT2D eigenvalue weighted by atomic mass is 16.1. The Labute approximate surface area is 94.8 Å². The van der Waals surface area contributed by atoms with Crippen molar-refractivity contribution in [1.82, 2.24) is 5.32 Å². The predicted molar refractivity (Wildman–Crippen MR) is 65.8 cm³/mol. The summed E-state index contributed by atoms with van der Waals surface area (Å²) in [6.45, 7) is 13.9. The monoisotopic (exact) mass is 213 g/mol. The van der Waals surface area contributed by atoms with Gasteiger partial charge in [-0.25, -0.2) is 0 Å². The fourth-order valence-corrected chi connectivity index (χ4v) is 1.95. The summed E-state index contributed by atoms with van der Waals surface area (Å²) >= 11 is 0. The maximum Gasteiger partial charge on any atom is 0.219 e. The topological polar surface area (TPSA) is 29.1 Å². The summed E-state index contributed by atoms with van der Waals surface area (Å²) in [4.78, 5) is 11.2. The molecule has 2 nitrogen and oxygen atoms in total. The molecule has 0 aromatic rings. The zero-order valence-electron chi connectivity index (χ0n) is 11.2. The highest BCUT2D eigenvalue weighted by Crippen LogP contribution is 2.35. The van der Waals surface area contributed by atoms with Crippen molar-refractivity contribution in [3.8, 4) is 0 Å². The standard InChI is InChI=1S/C13H27NO/c1-7-11(15)14-10-13(5,6)9-12(3,4)8-2/h7-10H2,1-6H3,(H,14,15). The third-order valence-corrected chi connectivity index (χ3v) is 3.00. The minimum absolute atomic E-state index is 0.150. The maximum atomic E-state index is 11.2. The zero-order valence-corrected chi connectivity index (χ0v) is 11.2. The number of carbonyl (C=O) groups is 1. The molecule has 0 aromatic carbocycles. The Balaban J connectivity index is 4.13. The third kappa shape index (κ3) is 6.53. The van der Waals surface area contributed by atoms with E-state index in [-0.39, 0.29) is 11.3 Å². The van der Waals surface area contributed by atoms with Crippen LogP contribution in [0.2, 0.25) is 0 Å². The Kier molecular flexibility index (Phi) is 5.33. The number of amides is 1. The van der Waals surface area contributed by atoms with Gasteiger partial charge in [0, 0.05) is 13.0 Å². The van der Waals surface area contributed by atoms with E-state index < -0.39 is 0 Å². The summed E-state index contributed by atoms with van der Waals surface area (Å²) in [6, 6.07) is 0. The number of carbonyl (C=O) groups excluding carboxylic acids is 1. The second-order valence-corrected chi connectivity index (χ2v) is 5.99. The highest BCUT2D eigenvalue weighted by molar-refractivity contribution is 5.75. The van der Waals surface area contributed by atoms with E-state index in [0.717, 1.165) is 13.0 Å². The van der Waals surface area contributed by atoms with E-state index in [1.165, 1.54) is 6.42 Å². The van der Waals surface area contributed by atoms with Crippen LogP contribution in [0.5, 0.6) is 0 Å². The number of hydrogen-bond acceptors (Lipinski definition) is 1. The van der Waals surface area contributed by atoms with Crippen LogP contribution in [-0.4, -0.2) is 12.5 Å². The third-order valence-electron chi connectivity index (χ3n) is 3.00. The molecule has 1 amide bonds. The Morgan fingerprint density at radius 3 is 2.00 bits per heavy atom. The van der Waals surface area contributed by atoms with E-state index in [0.29, 0.717) is 11.8 Å². The molecule has 0 aromatic heterocycles. The SMILES string of the molecule is CCC(=O)NCC(C)(C)CC(C)(C)CC. The van der Waals surface area contributed by atoms with Gasteiger partial charge in [0.1, 0.15) is 0 Å². The quantitative estimate of drug-likeness (QED) is 0.720. The van der Waals surface area contributed by atoms with Crippen molar-refractivity contribution >= 4 is 5.91 Å². The second kappa shape index (κ2) is 5.53. The van der Waals surface area contributed by atoms with E-state index in [1.54, 1.807) is 0 Å². The van der Waals surface area contributed by atoms with Crippen LogP contribution in [0.3, 0.4) is 0 Å². The van der Waals surface area contributed by atoms with Crippen LogP contribution >= 0.6 is 0 Å². The summed E-state index contributed by atoms with van der Waals surface area (Å²) in [5, 5.41) is 2.98. The molecule has 0 unspecified atom stereocenters. The first-order chi connectivity index (χ1) is 6.72. The van der Waals surface area contributed by atoms with E-state index >= 15 is 0 Å². The lowest BCUT2D eigenvalue weighted by molar-refractivity contribution is -0.121. The molecule has 2 heteroatoms. The molecule has 0 aliphatic carbocycles. The molecule has 90 valence electrons. The van der Waals surface area contributed by atoms with Crippen LogP contribution in [0.4, 0.5) is 0 Å². The smallest absolute Gasteiger partial charge is 0.219 e. The molecule has 0 atom stereocenters. The number of rotatable bonds is 6. The van der Waals surface area contributed by atoms with Crippen molar-refractivity contribution in [1.29, 1.82) is 0 Å². The number of hydrogen-bond donors (Lipinski definition) is 1. The lowest BCUT2D eigenvalue weighted by Crippen LogP contribution is -2.36. The molecule has 0 aliphatic heterocycles. The average Bonchev–Trinajstić information content (AvgIpc) is 2.13. The van der Waals surface area contributed by atoms with Crippen LogP contribution in [0, 0.1) is 10.8 Å². The summed E-state index contributed by atoms with van der Waals surface area (Å²) in [7, 11) is 0. The predicted octanol–water partition coefficient (Wildman–Crippen LogP) is 3.37. The molecule has 0 saturated heterocycles. The van der Waals surface area contributed by atoms with Gasteiger partial charge in [0.15, 0.2) is 0 Å². The van der Waals surface area contributed by atoms with Gasteiger partial charge < -0.3 is 5.32 Å². The van der Waals surface area contributed by atoms with Gasteiger partial charge in [-0.3, -0.25) is 4.79 Å². The summed E-state index contributed by atoms with van der Waals surface area (Å²) in [5.74, 6) is 0.150. The highest BCUT2D eigenvalue weighted by Gasteiger charge is 2.27. The van der Waals surface area contributed by atoms with Crippen molar-refractivity contribution in [2.75, 3.05) is 6.54 Å². The Morgan fingerprint density at radius 1 is 1.07 bits per heavy atom. The van der Waals surface area contributed by atoms with Gasteiger partial charge in [0.2, 0.25) is 5.91 Å². The minimum Gasteiger partial charge on any atom is -0.356 e. The normalized spacial score (nSPS) is 12.7. The molecule has 0 aliphatic rings. The van der Waals surface area contributed by atoms with Gasteiger partial charge in [-0.15, -0.1) is 0 Å². The van der Waals surface area contributed by atoms with E-state index in [2.05, 4.69) is 39.9 Å². The first-order valence-corrected chi connectivity index (χ1v) is 5.99. The van der Waals surface area contributed by atoms with E-state index in [9.17, 15) is 4.79 Å². The number of nitrogens with one attached hydrogen (secondary N) is 1. The maximum absolute atomic E-state index is 11.2.